The second-order valence-corrected chi connectivity index (χ2v) is 28.2. The van der Waals surface area contributed by atoms with Crippen LogP contribution in [0.3, 0.4) is 0 Å². The van der Waals surface area contributed by atoms with Crippen LogP contribution >= 0.6 is 0 Å². The molecule has 0 saturated carbocycles. The van der Waals surface area contributed by atoms with Crippen LogP contribution in [0.4, 0.5) is 59.3 Å². The van der Waals surface area contributed by atoms with Crippen LogP contribution < -0.4 is 27.8 Å². The molecule has 5 fully saturated rings. The van der Waals surface area contributed by atoms with Crippen molar-refractivity contribution in [2.75, 3.05) is 127 Å². The van der Waals surface area contributed by atoms with Crippen molar-refractivity contribution in [3.8, 4) is 45.0 Å². The number of aromatic nitrogens is 5. The van der Waals surface area contributed by atoms with Gasteiger partial charge in [-0.15, -0.1) is 0 Å². The third-order valence-electron chi connectivity index (χ3n) is 20.4. The standard InChI is InChI=1S/C25H27FN6O.C19H20FN3O2.C19H22FN3O2.C18H17F4N3O/c1-30-10-12-31(13-11-30)24-9-4-18-15-32(16-23(18)29-24)25(33)14-22-20(27)7-8-21(28-22)17-2-5-19(26)6-3-17;20-15-3-1-12(2-4-15)17-6-5-16(21)18(22-17)7-19(24)23-8-13-10-25-11-14(13)9-23;1-25-12-13-8-9-23(11-13)19(24)10-18-16(21)6-7-17(22-18)14-2-4-15(20)5-3-14;19-13-3-1-11(2-4-13)15-6-5-14(23)16(24-15)9-17(26)25-8-7-12(10-25)18(20,21)22/h2-9H,10-16,27H2,1H3;1-6,13-14H,7-11,21H2;2-7,13H,8-12,21H2,1H3;1-6,12H,7-10,23H2. The van der Waals surface area contributed by atoms with E-state index in [9.17, 15) is 49.9 Å². The lowest BCUT2D eigenvalue weighted by Crippen LogP contribution is -2.44. The van der Waals surface area contributed by atoms with Crippen LogP contribution in [-0.2, 0) is 67.4 Å². The maximum absolute atomic E-state index is 13.2. The number of nitrogens with two attached hydrogens (primary N) is 4. The Balaban J connectivity index is 0.000000137. The fourth-order valence-electron chi connectivity index (χ4n) is 14.0. The average Bonchev–Trinajstić information content (AvgIpc) is 1.71. The lowest BCUT2D eigenvalue weighted by Gasteiger charge is -2.33. The fraction of sp³-hybridized carbons (Fsp3) is 0.346. The van der Waals surface area contributed by atoms with Crippen molar-refractivity contribution < 1.29 is 59.4 Å². The molecule has 0 spiro atoms. The molecule has 6 aliphatic heterocycles. The van der Waals surface area contributed by atoms with E-state index in [1.54, 1.807) is 109 Å². The number of methoxy groups -OCH3 is 1. The monoisotopic (exact) mass is 1500 g/mol. The van der Waals surface area contributed by atoms with Gasteiger partial charge in [0.05, 0.1) is 132 Å². The summed E-state index contributed by atoms with van der Waals surface area (Å²) in [5.41, 5.74) is 35.3. The van der Waals surface area contributed by atoms with E-state index in [1.807, 2.05) is 9.80 Å². The molecular weight excluding hydrogens is 1410 g/mol. The lowest BCUT2D eigenvalue weighted by atomic mass is 10.0. The first kappa shape index (κ1) is 77.5. The second kappa shape index (κ2) is 34.9. The summed E-state index contributed by atoms with van der Waals surface area (Å²) in [4.78, 5) is 84.8. The molecule has 4 unspecified atom stereocenters. The van der Waals surface area contributed by atoms with Gasteiger partial charge in [-0.2, -0.15) is 13.2 Å². The summed E-state index contributed by atoms with van der Waals surface area (Å²) in [6, 6.07) is 42.0. The highest BCUT2D eigenvalue weighted by atomic mass is 19.4. The van der Waals surface area contributed by atoms with Gasteiger partial charge in [-0.3, -0.25) is 39.1 Å². The maximum atomic E-state index is 13.2. The van der Waals surface area contributed by atoms with Gasteiger partial charge in [-0.1, -0.05) is 6.07 Å². The fourth-order valence-corrected chi connectivity index (χ4v) is 14.0. The molecule has 0 bridgehead atoms. The van der Waals surface area contributed by atoms with E-state index in [1.165, 1.54) is 53.4 Å². The van der Waals surface area contributed by atoms with E-state index in [4.69, 9.17) is 37.4 Å². The highest BCUT2D eigenvalue weighted by Crippen LogP contribution is 2.36. The van der Waals surface area contributed by atoms with E-state index >= 15 is 0 Å². The average molecular weight is 1500 g/mol. The molecule has 570 valence electrons. The number of carbonyl (C=O) groups excluding carboxylic acids is 4. The van der Waals surface area contributed by atoms with Crippen molar-refractivity contribution in [3.63, 3.8) is 0 Å². The van der Waals surface area contributed by atoms with Crippen molar-refractivity contribution in [1.29, 1.82) is 0 Å². The van der Waals surface area contributed by atoms with Crippen LogP contribution in [0.1, 0.15) is 46.9 Å². The molecule has 0 aliphatic carbocycles. The molecule has 28 heteroatoms. The minimum atomic E-state index is -4.30. The quantitative estimate of drug-likeness (QED) is 0.0694. The van der Waals surface area contributed by atoms with Crippen LogP contribution in [0.15, 0.2) is 158 Å². The van der Waals surface area contributed by atoms with Gasteiger partial charge in [0, 0.05) is 119 Å². The van der Waals surface area contributed by atoms with E-state index in [0.29, 0.717) is 112 Å². The van der Waals surface area contributed by atoms with Crippen molar-refractivity contribution in [2.45, 2.75) is 57.8 Å². The topological polar surface area (TPSA) is 275 Å². The molecule has 5 aromatic heterocycles. The number of alkyl halides is 3. The predicted octanol–water partition coefficient (Wildman–Crippen LogP) is 10.7. The number of anilines is 5. The smallest absolute Gasteiger partial charge is 0.393 e. The number of carbonyl (C=O) groups is 4. The summed E-state index contributed by atoms with van der Waals surface area (Å²) >= 11 is 0. The molecule has 15 rings (SSSR count). The van der Waals surface area contributed by atoms with Crippen LogP contribution in [0.2, 0.25) is 0 Å². The number of ether oxygens (including phenoxy) is 2. The third kappa shape index (κ3) is 20.0. The van der Waals surface area contributed by atoms with E-state index in [-0.39, 0.29) is 91.9 Å². The number of fused-ring (bicyclic) bond motifs is 2. The second-order valence-electron chi connectivity index (χ2n) is 28.2. The molecule has 109 heavy (non-hydrogen) atoms. The molecule has 11 heterocycles. The Morgan fingerprint density at radius 3 is 1.20 bits per heavy atom. The molecule has 21 nitrogen and oxygen atoms in total. The molecular formula is C81H86F7N15O6. The highest BCUT2D eigenvalue weighted by Gasteiger charge is 2.45. The Morgan fingerprint density at radius 1 is 0.440 bits per heavy atom. The van der Waals surface area contributed by atoms with E-state index < -0.39 is 18.0 Å². The number of halogens is 7. The zero-order chi connectivity index (χ0) is 77.0. The zero-order valence-electron chi connectivity index (χ0n) is 60.5. The summed E-state index contributed by atoms with van der Waals surface area (Å²) in [5.74, 6) is -0.876. The number of pyridine rings is 5. The Morgan fingerprint density at radius 2 is 0.817 bits per heavy atom. The minimum Gasteiger partial charge on any atom is -0.397 e. The van der Waals surface area contributed by atoms with Gasteiger partial charge in [0.25, 0.3) is 0 Å². The number of likely N-dealkylation sites (N-methyl/N-ethyl adjacent to an activating group) is 1. The molecule has 9 aromatic rings. The molecule has 5 saturated heterocycles. The SMILES string of the molecule is CN1CCN(c2ccc3c(n2)CN(C(=O)Cc2nc(-c4ccc(F)cc4)ccc2N)C3)CC1.COCC1CCN(C(=O)Cc2nc(-c3ccc(F)cc3)ccc2N)C1.Nc1ccc(-c2ccc(F)cc2)nc1CC(=O)N1CC2COCC2C1.Nc1ccc(-c2ccc(F)cc2)nc1CC(=O)N1CCC(C(F)(F)F)C1. The van der Waals surface area contributed by atoms with Gasteiger partial charge in [0.15, 0.2) is 0 Å². The minimum absolute atomic E-state index is 0.0223. The summed E-state index contributed by atoms with van der Waals surface area (Å²) in [6.45, 7) is 9.85. The van der Waals surface area contributed by atoms with Crippen LogP contribution in [-0.4, -0.2) is 179 Å². The summed E-state index contributed by atoms with van der Waals surface area (Å²) in [6.07, 6.45) is -3.14. The van der Waals surface area contributed by atoms with Gasteiger partial charge in [0.2, 0.25) is 23.6 Å². The van der Waals surface area contributed by atoms with Gasteiger partial charge >= 0.3 is 6.18 Å². The summed E-state index contributed by atoms with van der Waals surface area (Å²) in [5, 5.41) is 0. The Kier molecular flexibility index (Phi) is 24.8. The van der Waals surface area contributed by atoms with Gasteiger partial charge in [-0.25, -0.2) is 22.5 Å². The molecule has 4 atom stereocenters. The van der Waals surface area contributed by atoms with Crippen LogP contribution in [0, 0.1) is 46.9 Å². The van der Waals surface area contributed by atoms with Crippen LogP contribution in [0.5, 0.6) is 0 Å². The molecule has 6 aliphatic rings. The number of piperazine rings is 1. The first-order chi connectivity index (χ1) is 52.4. The summed E-state index contributed by atoms with van der Waals surface area (Å²) < 4.78 is 101. The number of benzene rings is 4. The first-order valence-electron chi connectivity index (χ1n) is 36.1. The van der Waals surface area contributed by atoms with Crippen molar-refractivity contribution in [2.24, 2.45) is 23.7 Å². The Bertz CT molecular complexity index is 4680. The molecule has 8 N–H and O–H groups in total. The zero-order valence-corrected chi connectivity index (χ0v) is 60.5. The van der Waals surface area contributed by atoms with Crippen molar-refractivity contribution in [3.05, 3.63) is 215 Å². The first-order valence-corrected chi connectivity index (χ1v) is 36.1. The molecule has 0 radical (unpaired) electrons. The van der Waals surface area contributed by atoms with Gasteiger partial charge < -0.3 is 61.8 Å². The van der Waals surface area contributed by atoms with Gasteiger partial charge in [-0.05, 0) is 177 Å². The largest absolute Gasteiger partial charge is 0.397 e. The van der Waals surface area contributed by atoms with E-state index in [0.717, 1.165) is 99.2 Å². The number of likely N-dealkylation sites (tertiary alicyclic amines) is 3. The van der Waals surface area contributed by atoms with Crippen LogP contribution in [0.25, 0.3) is 45.0 Å². The molecule has 4 amide bonds. The Hall–Kier alpha value is -11.1. The number of hydrogen-bond acceptors (Lipinski definition) is 17. The van der Waals surface area contributed by atoms with E-state index in [2.05, 4.69) is 48.9 Å². The lowest BCUT2D eigenvalue weighted by molar-refractivity contribution is -0.171. The molecule has 4 aromatic carbocycles. The normalized spacial score (nSPS) is 18.1. The highest BCUT2D eigenvalue weighted by molar-refractivity contribution is 5.83. The Labute approximate surface area is 627 Å². The number of nitrogen functional groups attached to an aromatic ring is 4. The third-order valence-corrected chi connectivity index (χ3v) is 20.4. The predicted molar refractivity (Wildman–Crippen MR) is 401 cm³/mol. The number of nitrogens with zero attached hydrogens (tertiary/aromatic N) is 11. The maximum Gasteiger partial charge on any atom is 0.393 e. The summed E-state index contributed by atoms with van der Waals surface area (Å²) in [7, 11) is 3.81. The number of hydrogen-bond donors (Lipinski definition) is 4. The van der Waals surface area contributed by atoms with Crippen molar-refractivity contribution >= 4 is 52.2 Å². The number of rotatable bonds is 15. The number of amides is 4. The van der Waals surface area contributed by atoms with Gasteiger partial charge in [0.1, 0.15) is 29.1 Å². The van der Waals surface area contributed by atoms with Crippen molar-refractivity contribution in [1.82, 2.24) is 49.4 Å².